The molecule has 26 heavy (non-hydrogen) atoms. The van der Waals surface area contributed by atoms with Crippen LogP contribution in [-0.2, 0) is 6.54 Å². The summed E-state index contributed by atoms with van der Waals surface area (Å²) < 4.78 is 13.5. The first kappa shape index (κ1) is 19.4. The van der Waals surface area contributed by atoms with Crippen molar-refractivity contribution in [2.24, 2.45) is 4.99 Å². The predicted molar refractivity (Wildman–Crippen MR) is 103 cm³/mol. The Labute approximate surface area is 153 Å². The second-order valence-electron chi connectivity index (χ2n) is 5.83. The third kappa shape index (κ3) is 6.20. The Kier molecular flexibility index (Phi) is 7.61. The van der Waals surface area contributed by atoms with Gasteiger partial charge in [-0.3, -0.25) is 4.79 Å². The van der Waals surface area contributed by atoms with Gasteiger partial charge in [-0.2, -0.15) is 0 Å². The van der Waals surface area contributed by atoms with Crippen molar-refractivity contribution in [2.75, 3.05) is 19.6 Å². The predicted octanol–water partition coefficient (Wildman–Crippen LogP) is 2.62. The van der Waals surface area contributed by atoms with Crippen LogP contribution in [0.25, 0.3) is 0 Å². The second kappa shape index (κ2) is 10.2. The van der Waals surface area contributed by atoms with E-state index in [1.165, 1.54) is 6.07 Å². The molecule has 0 spiro atoms. The van der Waals surface area contributed by atoms with E-state index in [4.69, 9.17) is 0 Å². The number of guanidine groups is 1. The van der Waals surface area contributed by atoms with Gasteiger partial charge in [0.2, 0.25) is 0 Å². The highest BCUT2D eigenvalue weighted by Gasteiger charge is 2.07. The Hall–Kier alpha value is -2.89. The number of benzene rings is 2. The van der Waals surface area contributed by atoms with Crippen molar-refractivity contribution in [2.45, 2.75) is 20.4 Å². The van der Waals surface area contributed by atoms with Crippen molar-refractivity contribution >= 4 is 11.9 Å². The van der Waals surface area contributed by atoms with Gasteiger partial charge < -0.3 is 16.0 Å². The molecule has 0 aliphatic rings. The molecule has 138 valence electrons. The summed E-state index contributed by atoms with van der Waals surface area (Å²) in [5.74, 6) is 0.0159. The third-order valence-electron chi connectivity index (χ3n) is 3.74. The molecule has 3 N–H and O–H groups in total. The van der Waals surface area contributed by atoms with E-state index in [1.54, 1.807) is 19.1 Å². The molecule has 0 saturated carbocycles. The first-order chi connectivity index (χ1) is 12.6. The van der Waals surface area contributed by atoms with E-state index in [1.807, 2.05) is 37.3 Å². The normalized spacial score (nSPS) is 11.1. The lowest BCUT2D eigenvalue weighted by Gasteiger charge is -2.12. The Balaban J connectivity index is 1.79. The number of nitrogens with one attached hydrogen (secondary N) is 3. The maximum atomic E-state index is 13.5. The van der Waals surface area contributed by atoms with E-state index in [0.29, 0.717) is 36.7 Å². The SMILES string of the molecule is CCNC(=NCc1ccccc1)NCCNC(=O)c1ccc(C)c(F)c1. The quantitative estimate of drug-likeness (QED) is 0.406. The molecule has 2 aromatic rings. The summed E-state index contributed by atoms with van der Waals surface area (Å²) in [6, 6.07) is 14.4. The molecule has 6 heteroatoms. The maximum Gasteiger partial charge on any atom is 0.251 e. The van der Waals surface area contributed by atoms with Gasteiger partial charge in [0.1, 0.15) is 5.82 Å². The van der Waals surface area contributed by atoms with Crippen LogP contribution in [0.4, 0.5) is 4.39 Å². The van der Waals surface area contributed by atoms with Gasteiger partial charge in [0.25, 0.3) is 5.91 Å². The first-order valence-electron chi connectivity index (χ1n) is 8.70. The zero-order valence-corrected chi connectivity index (χ0v) is 15.2. The molecule has 1 amide bonds. The number of aliphatic imine (C=N–C) groups is 1. The molecular formula is C20H25FN4O. The monoisotopic (exact) mass is 356 g/mol. The van der Waals surface area contributed by atoms with Crippen LogP contribution < -0.4 is 16.0 Å². The summed E-state index contributed by atoms with van der Waals surface area (Å²) in [5.41, 5.74) is 1.96. The van der Waals surface area contributed by atoms with Gasteiger partial charge in [-0.05, 0) is 37.1 Å². The topological polar surface area (TPSA) is 65.5 Å². The van der Waals surface area contributed by atoms with Crippen LogP contribution in [0.15, 0.2) is 53.5 Å². The third-order valence-corrected chi connectivity index (χ3v) is 3.74. The second-order valence-corrected chi connectivity index (χ2v) is 5.83. The lowest BCUT2D eigenvalue weighted by molar-refractivity contribution is 0.0954. The molecule has 0 radical (unpaired) electrons. The fourth-order valence-corrected chi connectivity index (χ4v) is 2.29. The molecule has 5 nitrogen and oxygen atoms in total. The minimum atomic E-state index is -0.377. The first-order valence-corrected chi connectivity index (χ1v) is 8.70. The number of rotatable bonds is 7. The summed E-state index contributed by atoms with van der Waals surface area (Å²) >= 11 is 0. The molecule has 0 heterocycles. The van der Waals surface area contributed by atoms with Crippen LogP contribution in [0.3, 0.4) is 0 Å². The van der Waals surface area contributed by atoms with E-state index in [2.05, 4.69) is 20.9 Å². The molecule has 0 aromatic heterocycles. The van der Waals surface area contributed by atoms with Gasteiger partial charge in [0.15, 0.2) is 5.96 Å². The maximum absolute atomic E-state index is 13.5. The molecule has 0 atom stereocenters. The molecule has 0 bridgehead atoms. The van der Waals surface area contributed by atoms with Gasteiger partial charge in [-0.25, -0.2) is 9.38 Å². The number of hydrogen-bond donors (Lipinski definition) is 3. The van der Waals surface area contributed by atoms with Crippen molar-refractivity contribution in [3.8, 4) is 0 Å². The molecule has 0 saturated heterocycles. The molecule has 0 aliphatic heterocycles. The fraction of sp³-hybridized carbons (Fsp3) is 0.300. The van der Waals surface area contributed by atoms with E-state index in [-0.39, 0.29) is 11.7 Å². The van der Waals surface area contributed by atoms with Crippen molar-refractivity contribution in [3.05, 3.63) is 71.0 Å². The standard InChI is InChI=1S/C20H25FN4O/c1-3-22-20(25-14-16-7-5-4-6-8-16)24-12-11-23-19(26)17-10-9-15(2)18(21)13-17/h4-10,13H,3,11-12,14H2,1-2H3,(H,23,26)(H2,22,24,25). The Morgan fingerprint density at radius 3 is 2.46 bits per heavy atom. The average Bonchev–Trinajstić information content (AvgIpc) is 2.66. The van der Waals surface area contributed by atoms with Crippen LogP contribution in [0.2, 0.25) is 0 Å². The number of carbonyl (C=O) groups is 1. The van der Waals surface area contributed by atoms with Crippen molar-refractivity contribution in [1.29, 1.82) is 0 Å². The number of carbonyl (C=O) groups excluding carboxylic acids is 1. The molecule has 2 aromatic carbocycles. The molecule has 0 fully saturated rings. The van der Waals surface area contributed by atoms with Gasteiger partial charge in [-0.15, -0.1) is 0 Å². The number of amides is 1. The summed E-state index contributed by atoms with van der Waals surface area (Å²) in [4.78, 5) is 16.5. The number of aryl methyl sites for hydroxylation is 1. The Morgan fingerprint density at radius 2 is 1.77 bits per heavy atom. The number of halogens is 1. The summed E-state index contributed by atoms with van der Waals surface area (Å²) in [5, 5.41) is 9.10. The summed E-state index contributed by atoms with van der Waals surface area (Å²) in [6.07, 6.45) is 0. The van der Waals surface area contributed by atoms with Gasteiger partial charge in [0.05, 0.1) is 6.54 Å². The fourth-order valence-electron chi connectivity index (χ4n) is 2.29. The van der Waals surface area contributed by atoms with Crippen molar-refractivity contribution < 1.29 is 9.18 Å². The van der Waals surface area contributed by atoms with Gasteiger partial charge in [-0.1, -0.05) is 36.4 Å². The number of hydrogen-bond acceptors (Lipinski definition) is 2. The van der Waals surface area contributed by atoms with Crippen LogP contribution >= 0.6 is 0 Å². The van der Waals surface area contributed by atoms with Crippen molar-refractivity contribution in [1.82, 2.24) is 16.0 Å². The molecular weight excluding hydrogens is 331 g/mol. The highest BCUT2D eigenvalue weighted by Crippen LogP contribution is 2.08. The Bertz CT molecular complexity index is 747. The largest absolute Gasteiger partial charge is 0.357 e. The summed E-state index contributed by atoms with van der Waals surface area (Å²) in [6.45, 7) is 5.90. The Morgan fingerprint density at radius 1 is 1.04 bits per heavy atom. The smallest absolute Gasteiger partial charge is 0.251 e. The van der Waals surface area contributed by atoms with Crippen LogP contribution in [-0.4, -0.2) is 31.5 Å². The van der Waals surface area contributed by atoms with Crippen LogP contribution in [0, 0.1) is 12.7 Å². The minimum Gasteiger partial charge on any atom is -0.357 e. The van der Waals surface area contributed by atoms with E-state index >= 15 is 0 Å². The average molecular weight is 356 g/mol. The van der Waals surface area contributed by atoms with E-state index < -0.39 is 0 Å². The van der Waals surface area contributed by atoms with Crippen LogP contribution in [0.5, 0.6) is 0 Å². The number of nitrogens with zero attached hydrogens (tertiary/aromatic N) is 1. The highest BCUT2D eigenvalue weighted by molar-refractivity contribution is 5.94. The minimum absolute atomic E-state index is 0.295. The summed E-state index contributed by atoms with van der Waals surface area (Å²) in [7, 11) is 0. The van der Waals surface area contributed by atoms with Gasteiger partial charge >= 0.3 is 0 Å². The molecule has 0 aliphatic carbocycles. The highest BCUT2D eigenvalue weighted by atomic mass is 19.1. The molecule has 0 unspecified atom stereocenters. The lowest BCUT2D eigenvalue weighted by atomic mass is 10.1. The van der Waals surface area contributed by atoms with E-state index in [0.717, 1.165) is 12.1 Å². The lowest BCUT2D eigenvalue weighted by Crippen LogP contribution is -2.41. The van der Waals surface area contributed by atoms with Gasteiger partial charge in [0, 0.05) is 25.2 Å². The van der Waals surface area contributed by atoms with Crippen LogP contribution in [0.1, 0.15) is 28.4 Å². The molecule has 2 rings (SSSR count). The van der Waals surface area contributed by atoms with Crippen molar-refractivity contribution in [3.63, 3.8) is 0 Å². The zero-order valence-electron chi connectivity index (χ0n) is 15.2. The van der Waals surface area contributed by atoms with E-state index in [9.17, 15) is 9.18 Å². The zero-order chi connectivity index (χ0) is 18.8.